The Bertz CT molecular complexity index is 799. The van der Waals surface area contributed by atoms with Gasteiger partial charge in [0.2, 0.25) is 5.91 Å². The second kappa shape index (κ2) is 7.51. The molecule has 5 unspecified atom stereocenters. The van der Waals surface area contributed by atoms with Gasteiger partial charge in [0, 0.05) is 12.1 Å². The number of fused-ring (bicyclic) bond motifs is 1. The summed E-state index contributed by atoms with van der Waals surface area (Å²) in [4.78, 5) is 12.2. The Morgan fingerprint density at radius 2 is 2.14 bits per heavy atom. The lowest BCUT2D eigenvalue weighted by Crippen LogP contribution is -2.64. The summed E-state index contributed by atoms with van der Waals surface area (Å²) in [5, 5.41) is 25.4. The molecule has 1 aromatic rings. The van der Waals surface area contributed by atoms with Gasteiger partial charge in [-0.15, -0.1) is 13.2 Å². The molecule has 0 spiro atoms. The zero-order chi connectivity index (χ0) is 20.6. The normalized spacial score (nSPS) is 29.0. The number of amides is 1. The maximum atomic E-state index is 14.1. The smallest absolute Gasteiger partial charge is 0.403 e. The predicted molar refractivity (Wildman–Crippen MR) is 85.1 cm³/mol. The van der Waals surface area contributed by atoms with Crippen LogP contribution in [-0.4, -0.2) is 40.9 Å². The molecule has 2 aliphatic rings. The van der Waals surface area contributed by atoms with Gasteiger partial charge in [0.05, 0.1) is 24.6 Å². The number of carbonyl (C=O) groups is 1. The largest absolute Gasteiger partial charge is 0.573 e. The van der Waals surface area contributed by atoms with Gasteiger partial charge < -0.3 is 15.2 Å². The van der Waals surface area contributed by atoms with Crippen LogP contribution in [0.25, 0.3) is 0 Å². The second-order valence-electron chi connectivity index (χ2n) is 6.47. The zero-order valence-corrected chi connectivity index (χ0v) is 14.5. The van der Waals surface area contributed by atoms with Crippen LogP contribution in [0.2, 0.25) is 0 Å². The van der Waals surface area contributed by atoms with E-state index in [9.17, 15) is 27.5 Å². The first-order valence-electron chi connectivity index (χ1n) is 8.32. The molecule has 1 amide bonds. The fraction of sp³-hybridized carbons (Fsp3) is 0.500. The number of halogens is 4. The van der Waals surface area contributed by atoms with Crippen molar-refractivity contribution in [3.05, 3.63) is 29.6 Å². The molecule has 0 aliphatic carbocycles. The number of hydrogen-bond acceptors (Lipinski definition) is 7. The van der Waals surface area contributed by atoms with E-state index in [1.165, 1.54) is 11.1 Å². The van der Waals surface area contributed by atoms with Crippen LogP contribution in [0, 0.1) is 23.1 Å². The molecule has 12 heteroatoms. The van der Waals surface area contributed by atoms with Crippen LogP contribution in [0.15, 0.2) is 18.2 Å². The van der Waals surface area contributed by atoms with Gasteiger partial charge in [-0.2, -0.15) is 5.26 Å². The van der Waals surface area contributed by atoms with Crippen molar-refractivity contribution in [1.82, 2.24) is 21.1 Å². The molecule has 8 nitrogen and oxygen atoms in total. The first-order valence-corrected chi connectivity index (χ1v) is 8.32. The molecule has 0 saturated carbocycles. The van der Waals surface area contributed by atoms with E-state index in [0.29, 0.717) is 5.56 Å². The molecule has 2 fully saturated rings. The van der Waals surface area contributed by atoms with Crippen molar-refractivity contribution in [3.63, 3.8) is 0 Å². The minimum absolute atomic E-state index is 0.00229. The molecule has 2 saturated heterocycles. The monoisotopic (exact) mass is 403 g/mol. The van der Waals surface area contributed by atoms with Gasteiger partial charge in [0.1, 0.15) is 0 Å². The van der Waals surface area contributed by atoms with Gasteiger partial charge in [-0.25, -0.2) is 14.8 Å². The summed E-state index contributed by atoms with van der Waals surface area (Å²) in [5.74, 6) is -3.31. The summed E-state index contributed by atoms with van der Waals surface area (Å²) in [5.41, 5.74) is 3.30. The quantitative estimate of drug-likeness (QED) is 0.551. The third-order valence-electron chi connectivity index (χ3n) is 4.69. The lowest BCUT2D eigenvalue weighted by molar-refractivity contribution is -0.275. The average molecular weight is 403 g/mol. The van der Waals surface area contributed by atoms with Gasteiger partial charge in [0.25, 0.3) is 0 Å². The summed E-state index contributed by atoms with van der Waals surface area (Å²) in [6.07, 6.45) is -7.04. The predicted octanol–water partition coefficient (Wildman–Crippen LogP) is 0.825. The van der Waals surface area contributed by atoms with E-state index in [4.69, 9.17) is 5.26 Å². The van der Waals surface area contributed by atoms with E-state index in [0.717, 1.165) is 12.1 Å². The summed E-state index contributed by atoms with van der Waals surface area (Å²) >= 11 is 0. The van der Waals surface area contributed by atoms with E-state index in [1.54, 1.807) is 6.92 Å². The third-order valence-corrected chi connectivity index (χ3v) is 4.69. The SMILES string of the molecule is CC(c1ccc(OC(F)(F)F)c(F)c1)N1NC(CC#N)C2C(=O)NC(O)NC21. The number of rotatable bonds is 4. The number of nitriles is 1. The zero-order valence-electron chi connectivity index (χ0n) is 14.5. The van der Waals surface area contributed by atoms with E-state index < -0.39 is 54.4 Å². The van der Waals surface area contributed by atoms with Gasteiger partial charge in [-0.05, 0) is 24.6 Å². The summed E-state index contributed by atoms with van der Waals surface area (Å²) in [7, 11) is 0. The summed E-state index contributed by atoms with van der Waals surface area (Å²) in [6.45, 7) is 1.64. The standard InChI is InChI=1S/C16H17F4N5O3/c1-7(8-2-3-11(9(17)6-8)28-16(18,19)20)25-13-12(10(24-25)4-5-21)14(26)23-15(27)22-13/h2-3,6-7,10,12-13,15,22,24,27H,4H2,1H3,(H,23,26). The fourth-order valence-electron chi connectivity index (χ4n) is 3.46. The van der Waals surface area contributed by atoms with Gasteiger partial charge in [-0.1, -0.05) is 6.07 Å². The number of hydrogen-bond donors (Lipinski definition) is 4. The molecule has 28 heavy (non-hydrogen) atoms. The van der Waals surface area contributed by atoms with Crippen molar-refractivity contribution in [2.75, 3.05) is 0 Å². The van der Waals surface area contributed by atoms with E-state index in [2.05, 4.69) is 20.8 Å². The minimum atomic E-state index is -5.02. The number of benzene rings is 1. The highest BCUT2D eigenvalue weighted by Crippen LogP contribution is 2.34. The molecule has 3 rings (SSSR count). The van der Waals surface area contributed by atoms with Crippen LogP contribution in [0.3, 0.4) is 0 Å². The number of hydrazine groups is 1. The average Bonchev–Trinajstić information content (AvgIpc) is 2.94. The number of carbonyl (C=O) groups excluding carboxylic acids is 1. The van der Waals surface area contributed by atoms with Crippen molar-refractivity contribution >= 4 is 5.91 Å². The van der Waals surface area contributed by atoms with E-state index >= 15 is 0 Å². The highest BCUT2D eigenvalue weighted by Gasteiger charge is 2.50. The number of nitrogens with zero attached hydrogens (tertiary/aromatic N) is 2. The number of ether oxygens (including phenoxy) is 1. The van der Waals surface area contributed by atoms with Crippen molar-refractivity contribution < 1.29 is 32.2 Å². The number of aliphatic hydroxyl groups excluding tert-OH is 1. The summed E-state index contributed by atoms with van der Waals surface area (Å²) < 4.78 is 54.6. The second-order valence-corrected chi connectivity index (χ2v) is 6.47. The van der Waals surface area contributed by atoms with Crippen molar-refractivity contribution in [3.8, 4) is 11.8 Å². The lowest BCUT2D eigenvalue weighted by Gasteiger charge is -2.37. The molecule has 0 bridgehead atoms. The van der Waals surface area contributed by atoms with Gasteiger partial charge in [-0.3, -0.25) is 10.1 Å². The summed E-state index contributed by atoms with van der Waals surface area (Å²) in [6, 6.07) is 3.83. The Balaban J connectivity index is 1.85. The Labute approximate surface area is 157 Å². The third kappa shape index (κ3) is 4.02. The highest BCUT2D eigenvalue weighted by atomic mass is 19.4. The van der Waals surface area contributed by atoms with Crippen LogP contribution >= 0.6 is 0 Å². The van der Waals surface area contributed by atoms with Gasteiger partial charge >= 0.3 is 6.36 Å². The van der Waals surface area contributed by atoms with Crippen LogP contribution in [0.1, 0.15) is 24.9 Å². The molecule has 1 aromatic carbocycles. The molecule has 0 radical (unpaired) electrons. The molecular weight excluding hydrogens is 386 g/mol. The highest BCUT2D eigenvalue weighted by molar-refractivity contribution is 5.81. The van der Waals surface area contributed by atoms with Crippen LogP contribution in [0.5, 0.6) is 5.75 Å². The molecule has 0 aromatic heterocycles. The Morgan fingerprint density at radius 3 is 2.75 bits per heavy atom. The minimum Gasteiger partial charge on any atom is -0.403 e. The fourth-order valence-corrected chi connectivity index (χ4v) is 3.46. The Morgan fingerprint density at radius 1 is 1.43 bits per heavy atom. The molecule has 152 valence electrons. The van der Waals surface area contributed by atoms with Crippen LogP contribution in [0.4, 0.5) is 17.6 Å². The maximum Gasteiger partial charge on any atom is 0.573 e. The van der Waals surface area contributed by atoms with E-state index in [-0.39, 0.29) is 6.42 Å². The van der Waals surface area contributed by atoms with Crippen molar-refractivity contribution in [2.24, 2.45) is 5.92 Å². The molecule has 2 aliphatic heterocycles. The van der Waals surface area contributed by atoms with E-state index in [1.807, 2.05) is 6.07 Å². The molecule has 2 heterocycles. The first kappa shape index (κ1) is 20.3. The Hall–Kier alpha value is -2.46. The Kier molecular flexibility index (Phi) is 5.44. The van der Waals surface area contributed by atoms with Gasteiger partial charge in [0.15, 0.2) is 17.9 Å². The van der Waals surface area contributed by atoms with Crippen molar-refractivity contribution in [2.45, 2.75) is 44.3 Å². The molecule has 4 N–H and O–H groups in total. The lowest BCUT2D eigenvalue weighted by atomic mass is 9.93. The van der Waals surface area contributed by atoms with Crippen molar-refractivity contribution in [1.29, 1.82) is 5.26 Å². The van der Waals surface area contributed by atoms with Crippen LogP contribution in [-0.2, 0) is 4.79 Å². The topological polar surface area (TPSA) is 110 Å². The molecular formula is C16H17F4N5O3. The van der Waals surface area contributed by atoms with Crippen LogP contribution < -0.4 is 20.8 Å². The number of alkyl halides is 3. The first-order chi connectivity index (χ1) is 13.1. The number of aliphatic hydroxyl groups is 1. The number of nitrogens with one attached hydrogen (secondary N) is 3. The maximum absolute atomic E-state index is 14.1. The molecule has 5 atom stereocenters.